The number of halogens is 3. The molecule has 0 fully saturated rings. The number of hydrogen-bond acceptors (Lipinski definition) is 2. The highest BCUT2D eigenvalue weighted by molar-refractivity contribution is 6.08. The largest absolute Gasteiger partial charge is 0.416 e. The first-order valence-electron chi connectivity index (χ1n) is 5.00. The lowest BCUT2D eigenvalue weighted by Crippen LogP contribution is -2.10. The van der Waals surface area contributed by atoms with Crippen molar-refractivity contribution in [2.24, 2.45) is 0 Å². The summed E-state index contributed by atoms with van der Waals surface area (Å²) in [4.78, 5) is 11.6. The molecule has 0 saturated carbocycles. The lowest BCUT2D eigenvalue weighted by molar-refractivity contribution is -0.137. The van der Waals surface area contributed by atoms with Crippen molar-refractivity contribution in [3.05, 3.63) is 34.9 Å². The average molecular weight is 253 g/mol. The summed E-state index contributed by atoms with van der Waals surface area (Å²) >= 11 is 0. The summed E-state index contributed by atoms with van der Waals surface area (Å²) in [6.07, 6.45) is 0.290. The van der Waals surface area contributed by atoms with Crippen LogP contribution >= 0.6 is 0 Å². The second-order valence-electron chi connectivity index (χ2n) is 3.82. The normalized spacial score (nSPS) is 10.8. The van der Waals surface area contributed by atoms with Gasteiger partial charge < -0.3 is 5.41 Å². The van der Waals surface area contributed by atoms with Gasteiger partial charge in [-0.25, -0.2) is 0 Å². The molecule has 0 radical (unpaired) electrons. The molecule has 0 aromatic heterocycles. The number of hydrogen-bond donors (Lipinski definition) is 1. The van der Waals surface area contributed by atoms with Crippen molar-refractivity contribution in [3.63, 3.8) is 0 Å². The minimum absolute atomic E-state index is 0.00388. The fourth-order valence-corrected chi connectivity index (χ4v) is 1.38. The number of nitrogens with one attached hydrogen (secondary N) is 1. The molecule has 94 valence electrons. The molecule has 0 bridgehead atoms. The van der Waals surface area contributed by atoms with E-state index in [1.807, 2.05) is 0 Å². The van der Waals surface area contributed by atoms with Crippen LogP contribution in [-0.4, -0.2) is 11.5 Å². The Balaban J connectivity index is 3.25. The second-order valence-corrected chi connectivity index (χ2v) is 3.82. The quantitative estimate of drug-likeness (QED) is 0.501. The highest BCUT2D eigenvalue weighted by Gasteiger charge is 2.31. The van der Waals surface area contributed by atoms with Crippen molar-refractivity contribution in [2.75, 3.05) is 0 Å². The van der Waals surface area contributed by atoms with E-state index in [0.717, 1.165) is 12.1 Å². The average Bonchev–Trinajstić information content (AvgIpc) is 2.26. The summed E-state index contributed by atoms with van der Waals surface area (Å²) in [6, 6.07) is 2.79. The Morgan fingerprint density at radius 3 is 2.44 bits per heavy atom. The third-order valence-corrected chi connectivity index (χ3v) is 2.17. The monoisotopic (exact) mass is 253 g/mol. The standard InChI is InChI=1S/C13H10F3NO/c1-3-9-5-10(12(18)4-8(2)17)7-11(6-9)13(14,15)16/h1,5-7,17H,4H2,2H3. The second kappa shape index (κ2) is 5.05. The first-order valence-corrected chi connectivity index (χ1v) is 5.00. The van der Waals surface area contributed by atoms with Crippen molar-refractivity contribution in [2.45, 2.75) is 19.5 Å². The van der Waals surface area contributed by atoms with Crippen LogP contribution in [0.25, 0.3) is 0 Å². The molecule has 5 heteroatoms. The number of Topliss-reactive ketones (excluding diaryl/α,β-unsaturated/α-hetero) is 1. The third-order valence-electron chi connectivity index (χ3n) is 2.17. The smallest absolute Gasteiger partial charge is 0.310 e. The molecule has 0 aliphatic rings. The number of carbonyl (C=O) groups is 1. The predicted molar refractivity (Wildman–Crippen MR) is 61.7 cm³/mol. The van der Waals surface area contributed by atoms with Gasteiger partial charge in [-0.15, -0.1) is 6.42 Å². The van der Waals surface area contributed by atoms with Crippen LogP contribution in [0.3, 0.4) is 0 Å². The summed E-state index contributed by atoms with van der Waals surface area (Å²) in [7, 11) is 0. The van der Waals surface area contributed by atoms with E-state index < -0.39 is 17.5 Å². The summed E-state index contributed by atoms with van der Waals surface area (Å²) in [5, 5.41) is 7.17. The number of alkyl halides is 3. The number of rotatable bonds is 3. The maximum atomic E-state index is 12.6. The predicted octanol–water partition coefficient (Wildman–Crippen LogP) is 3.30. The topological polar surface area (TPSA) is 40.9 Å². The Morgan fingerprint density at radius 1 is 1.39 bits per heavy atom. The SMILES string of the molecule is C#Cc1cc(C(=O)CC(C)=N)cc(C(F)(F)F)c1. The molecule has 1 aromatic rings. The fourth-order valence-electron chi connectivity index (χ4n) is 1.38. The summed E-state index contributed by atoms with van der Waals surface area (Å²) < 4.78 is 37.8. The van der Waals surface area contributed by atoms with Crippen molar-refractivity contribution >= 4 is 11.5 Å². The maximum Gasteiger partial charge on any atom is 0.416 e. The molecule has 0 heterocycles. The zero-order valence-corrected chi connectivity index (χ0v) is 9.56. The zero-order valence-electron chi connectivity index (χ0n) is 9.56. The van der Waals surface area contributed by atoms with Crippen molar-refractivity contribution in [1.82, 2.24) is 0 Å². The van der Waals surface area contributed by atoms with Crippen LogP contribution < -0.4 is 0 Å². The highest BCUT2D eigenvalue weighted by atomic mass is 19.4. The van der Waals surface area contributed by atoms with Crippen LogP contribution in [0.2, 0.25) is 0 Å². The molecule has 0 saturated heterocycles. The molecular weight excluding hydrogens is 243 g/mol. The molecule has 0 unspecified atom stereocenters. The lowest BCUT2D eigenvalue weighted by atomic mass is 10.00. The molecule has 0 spiro atoms. The minimum atomic E-state index is -4.55. The first kappa shape index (κ1) is 14.0. The minimum Gasteiger partial charge on any atom is -0.310 e. The van der Waals surface area contributed by atoms with E-state index in [9.17, 15) is 18.0 Å². The Morgan fingerprint density at radius 2 is 2.00 bits per heavy atom. The van der Waals surface area contributed by atoms with E-state index in [1.165, 1.54) is 13.0 Å². The van der Waals surface area contributed by atoms with Gasteiger partial charge in [0, 0.05) is 23.3 Å². The van der Waals surface area contributed by atoms with Gasteiger partial charge in [0.25, 0.3) is 0 Å². The highest BCUT2D eigenvalue weighted by Crippen LogP contribution is 2.30. The van der Waals surface area contributed by atoms with Crippen molar-refractivity contribution in [1.29, 1.82) is 5.41 Å². The summed E-state index contributed by atoms with van der Waals surface area (Å²) in [5.41, 5.74) is -0.996. The molecule has 2 nitrogen and oxygen atoms in total. The van der Waals surface area contributed by atoms with Gasteiger partial charge >= 0.3 is 6.18 Å². The lowest BCUT2D eigenvalue weighted by Gasteiger charge is -2.09. The molecule has 0 aliphatic carbocycles. The molecule has 1 rings (SSSR count). The summed E-state index contributed by atoms with van der Waals surface area (Å²) in [6.45, 7) is 1.41. The van der Waals surface area contributed by atoms with E-state index in [2.05, 4.69) is 5.92 Å². The fraction of sp³-hybridized carbons (Fsp3) is 0.231. The molecule has 18 heavy (non-hydrogen) atoms. The Hall–Kier alpha value is -2.09. The Kier molecular flexibility index (Phi) is 3.92. The Bertz CT molecular complexity index is 538. The molecule has 0 amide bonds. The first-order chi connectivity index (χ1) is 8.24. The third kappa shape index (κ3) is 3.45. The zero-order chi connectivity index (χ0) is 13.9. The van der Waals surface area contributed by atoms with E-state index in [4.69, 9.17) is 11.8 Å². The number of ketones is 1. The van der Waals surface area contributed by atoms with Crippen molar-refractivity contribution in [3.8, 4) is 12.3 Å². The van der Waals surface area contributed by atoms with Gasteiger partial charge in [-0.3, -0.25) is 4.79 Å². The van der Waals surface area contributed by atoms with Crippen LogP contribution in [-0.2, 0) is 6.18 Å². The van der Waals surface area contributed by atoms with Gasteiger partial charge in [-0.2, -0.15) is 13.2 Å². The van der Waals surface area contributed by atoms with Crippen LogP contribution in [0.5, 0.6) is 0 Å². The number of carbonyl (C=O) groups excluding carboxylic acids is 1. The van der Waals surface area contributed by atoms with Gasteiger partial charge in [0.1, 0.15) is 0 Å². The Labute approximate surface area is 102 Å². The van der Waals surface area contributed by atoms with Gasteiger partial charge in [-0.05, 0) is 25.1 Å². The van der Waals surface area contributed by atoms with Gasteiger partial charge in [0.05, 0.1) is 5.56 Å². The van der Waals surface area contributed by atoms with E-state index in [0.29, 0.717) is 0 Å². The van der Waals surface area contributed by atoms with Crippen molar-refractivity contribution < 1.29 is 18.0 Å². The van der Waals surface area contributed by atoms with Crippen LogP contribution in [0.15, 0.2) is 18.2 Å². The van der Waals surface area contributed by atoms with Gasteiger partial charge in [-0.1, -0.05) is 5.92 Å². The molecular formula is C13H10F3NO. The molecule has 1 N–H and O–H groups in total. The van der Waals surface area contributed by atoms with Crippen LogP contribution in [0.1, 0.15) is 34.8 Å². The maximum absolute atomic E-state index is 12.6. The van der Waals surface area contributed by atoms with E-state index in [1.54, 1.807) is 0 Å². The van der Waals surface area contributed by atoms with Gasteiger partial charge in [0.15, 0.2) is 5.78 Å². The van der Waals surface area contributed by atoms with E-state index >= 15 is 0 Å². The molecule has 0 aliphatic heterocycles. The molecule has 1 aromatic carbocycles. The number of terminal acetylenes is 1. The van der Waals surface area contributed by atoms with E-state index in [-0.39, 0.29) is 23.3 Å². The van der Waals surface area contributed by atoms with Crippen LogP contribution in [0.4, 0.5) is 13.2 Å². The molecule has 0 atom stereocenters. The van der Waals surface area contributed by atoms with Gasteiger partial charge in [0.2, 0.25) is 0 Å². The number of benzene rings is 1. The summed E-state index contributed by atoms with van der Waals surface area (Å²) in [5.74, 6) is 1.53. The van der Waals surface area contributed by atoms with Crippen LogP contribution in [0, 0.1) is 17.8 Å².